The van der Waals surface area contributed by atoms with Crippen LogP contribution in [0.1, 0.15) is 25.3 Å². The SMILES string of the molecule is CC1(CNS(=O)(=O)c2ccc(C#CCO)cc2)CCCO1. The average molecular weight is 309 g/mol. The average Bonchev–Trinajstić information content (AvgIpc) is 2.91. The minimum absolute atomic E-state index is 0.193. The minimum Gasteiger partial charge on any atom is -0.384 e. The monoisotopic (exact) mass is 309 g/mol. The molecular formula is C15H19NO4S. The van der Waals surface area contributed by atoms with E-state index in [9.17, 15) is 8.42 Å². The van der Waals surface area contributed by atoms with Crippen LogP contribution in [0.4, 0.5) is 0 Å². The quantitative estimate of drug-likeness (QED) is 0.810. The first-order valence-corrected chi connectivity index (χ1v) is 8.27. The Morgan fingerprint density at radius 2 is 2.10 bits per heavy atom. The van der Waals surface area contributed by atoms with Crippen molar-refractivity contribution in [1.29, 1.82) is 0 Å². The van der Waals surface area contributed by atoms with Crippen LogP contribution in [0, 0.1) is 11.8 Å². The number of hydrogen-bond donors (Lipinski definition) is 2. The molecule has 114 valence electrons. The predicted octanol–water partition coefficient (Wildman–Crippen LogP) is 0.878. The van der Waals surface area contributed by atoms with Gasteiger partial charge in [0.1, 0.15) is 6.61 Å². The molecule has 6 heteroatoms. The van der Waals surface area contributed by atoms with Gasteiger partial charge in [-0.1, -0.05) is 11.8 Å². The first kappa shape index (κ1) is 16.0. The molecule has 0 aromatic heterocycles. The molecule has 1 saturated heterocycles. The van der Waals surface area contributed by atoms with Gasteiger partial charge in [0.15, 0.2) is 0 Å². The normalized spacial score (nSPS) is 21.8. The van der Waals surface area contributed by atoms with E-state index in [0.717, 1.165) is 12.8 Å². The lowest BCUT2D eigenvalue weighted by Gasteiger charge is -2.23. The zero-order valence-corrected chi connectivity index (χ0v) is 12.7. The molecule has 0 amide bonds. The van der Waals surface area contributed by atoms with Gasteiger partial charge in [0, 0.05) is 18.7 Å². The fourth-order valence-electron chi connectivity index (χ4n) is 2.17. The van der Waals surface area contributed by atoms with Gasteiger partial charge in [-0.3, -0.25) is 0 Å². The Morgan fingerprint density at radius 3 is 2.67 bits per heavy atom. The van der Waals surface area contributed by atoms with Gasteiger partial charge in [-0.15, -0.1) is 0 Å². The largest absolute Gasteiger partial charge is 0.384 e. The highest BCUT2D eigenvalue weighted by atomic mass is 32.2. The molecule has 2 N–H and O–H groups in total. The van der Waals surface area contributed by atoms with E-state index in [1.165, 1.54) is 12.1 Å². The van der Waals surface area contributed by atoms with Crippen molar-refractivity contribution in [3.8, 4) is 11.8 Å². The number of aliphatic hydroxyl groups is 1. The van der Waals surface area contributed by atoms with Crippen LogP contribution >= 0.6 is 0 Å². The lowest BCUT2D eigenvalue weighted by Crippen LogP contribution is -2.40. The Morgan fingerprint density at radius 1 is 1.38 bits per heavy atom. The van der Waals surface area contributed by atoms with Crippen molar-refractivity contribution >= 4 is 10.0 Å². The van der Waals surface area contributed by atoms with Gasteiger partial charge in [0.25, 0.3) is 0 Å². The van der Waals surface area contributed by atoms with Gasteiger partial charge < -0.3 is 9.84 Å². The Kier molecular flexibility index (Phi) is 5.01. The Hall–Kier alpha value is -1.39. The fraction of sp³-hybridized carbons (Fsp3) is 0.467. The highest BCUT2D eigenvalue weighted by Crippen LogP contribution is 2.24. The second-order valence-electron chi connectivity index (χ2n) is 5.21. The third-order valence-corrected chi connectivity index (χ3v) is 4.83. The highest BCUT2D eigenvalue weighted by Gasteiger charge is 2.31. The minimum atomic E-state index is -3.55. The zero-order chi connectivity index (χ0) is 15.3. The number of ether oxygens (including phenoxy) is 1. The Labute approximate surface area is 125 Å². The smallest absolute Gasteiger partial charge is 0.240 e. The summed E-state index contributed by atoms with van der Waals surface area (Å²) in [7, 11) is -3.55. The lowest BCUT2D eigenvalue weighted by atomic mass is 10.0. The highest BCUT2D eigenvalue weighted by molar-refractivity contribution is 7.89. The molecule has 1 heterocycles. The summed E-state index contributed by atoms with van der Waals surface area (Å²) in [5.74, 6) is 5.23. The molecule has 0 saturated carbocycles. The van der Waals surface area contributed by atoms with E-state index in [0.29, 0.717) is 12.2 Å². The van der Waals surface area contributed by atoms with E-state index >= 15 is 0 Å². The van der Waals surface area contributed by atoms with Gasteiger partial charge in [0.05, 0.1) is 10.5 Å². The molecule has 0 bridgehead atoms. The maximum atomic E-state index is 12.2. The lowest BCUT2D eigenvalue weighted by molar-refractivity contribution is 0.0250. The van der Waals surface area contributed by atoms with Crippen LogP contribution in [-0.4, -0.2) is 38.9 Å². The third kappa shape index (κ3) is 4.29. The van der Waals surface area contributed by atoms with Gasteiger partial charge in [-0.05, 0) is 44.0 Å². The van der Waals surface area contributed by atoms with Crippen molar-refractivity contribution in [3.63, 3.8) is 0 Å². The number of aliphatic hydroxyl groups excluding tert-OH is 1. The molecule has 1 unspecified atom stereocenters. The molecule has 1 aromatic carbocycles. The van der Waals surface area contributed by atoms with Crippen LogP contribution in [0.5, 0.6) is 0 Å². The van der Waals surface area contributed by atoms with Crippen LogP contribution in [0.25, 0.3) is 0 Å². The van der Waals surface area contributed by atoms with Crippen molar-refractivity contribution < 1.29 is 18.3 Å². The van der Waals surface area contributed by atoms with Crippen LogP contribution < -0.4 is 4.72 Å². The van der Waals surface area contributed by atoms with Crippen molar-refractivity contribution in [2.24, 2.45) is 0 Å². The van der Waals surface area contributed by atoms with Crippen molar-refractivity contribution in [2.45, 2.75) is 30.3 Å². The molecule has 1 fully saturated rings. The summed E-state index contributed by atoms with van der Waals surface area (Å²) in [6.07, 6.45) is 1.81. The summed E-state index contributed by atoms with van der Waals surface area (Å²) >= 11 is 0. The topological polar surface area (TPSA) is 75.6 Å². The van der Waals surface area contributed by atoms with Crippen LogP contribution in [0.3, 0.4) is 0 Å². The first-order valence-electron chi connectivity index (χ1n) is 6.79. The van der Waals surface area contributed by atoms with Crippen LogP contribution in [0.2, 0.25) is 0 Å². The summed E-state index contributed by atoms with van der Waals surface area (Å²) in [5, 5.41) is 8.62. The summed E-state index contributed by atoms with van der Waals surface area (Å²) in [6.45, 7) is 2.63. The standard InChI is InChI=1S/C15H19NO4S/c1-15(9-3-11-20-15)12-16-21(18,19)14-7-5-13(6-8-14)4-2-10-17/h5-8,16-17H,3,9-12H2,1H3. The van der Waals surface area contributed by atoms with Crippen molar-refractivity contribution in [3.05, 3.63) is 29.8 Å². The van der Waals surface area contributed by atoms with Gasteiger partial charge in [-0.2, -0.15) is 0 Å². The van der Waals surface area contributed by atoms with E-state index in [-0.39, 0.29) is 18.0 Å². The molecule has 21 heavy (non-hydrogen) atoms. The van der Waals surface area contributed by atoms with Crippen LogP contribution in [0.15, 0.2) is 29.2 Å². The summed E-state index contributed by atoms with van der Waals surface area (Å²) in [6, 6.07) is 6.24. The molecule has 1 aliphatic heterocycles. The Balaban J connectivity index is 2.05. The molecular weight excluding hydrogens is 290 g/mol. The van der Waals surface area contributed by atoms with E-state index < -0.39 is 15.6 Å². The first-order chi connectivity index (χ1) is 9.95. The van der Waals surface area contributed by atoms with E-state index in [1.54, 1.807) is 12.1 Å². The number of benzene rings is 1. The number of hydrogen-bond acceptors (Lipinski definition) is 4. The second kappa shape index (κ2) is 6.58. The van der Waals surface area contributed by atoms with Gasteiger partial charge >= 0.3 is 0 Å². The molecule has 1 aliphatic rings. The van der Waals surface area contributed by atoms with Gasteiger partial charge in [0.2, 0.25) is 10.0 Å². The predicted molar refractivity (Wildman–Crippen MR) is 79.2 cm³/mol. The van der Waals surface area contributed by atoms with Gasteiger partial charge in [-0.25, -0.2) is 13.1 Å². The second-order valence-corrected chi connectivity index (χ2v) is 6.98. The number of sulfonamides is 1. The van der Waals surface area contributed by atoms with Crippen LogP contribution in [-0.2, 0) is 14.8 Å². The third-order valence-electron chi connectivity index (χ3n) is 3.41. The maximum Gasteiger partial charge on any atom is 0.240 e. The van der Waals surface area contributed by atoms with Crippen molar-refractivity contribution in [2.75, 3.05) is 19.8 Å². The molecule has 0 radical (unpaired) electrons. The Bertz CT molecular complexity index is 634. The summed E-state index contributed by atoms with van der Waals surface area (Å²) in [5.41, 5.74) is 0.244. The van der Waals surface area contributed by atoms with E-state index in [1.807, 2.05) is 6.92 Å². The zero-order valence-electron chi connectivity index (χ0n) is 11.9. The molecule has 0 spiro atoms. The molecule has 0 aliphatic carbocycles. The molecule has 1 atom stereocenters. The molecule has 5 nitrogen and oxygen atoms in total. The number of rotatable bonds is 4. The molecule has 1 aromatic rings. The molecule has 2 rings (SSSR count). The maximum absolute atomic E-state index is 12.2. The summed E-state index contributed by atoms with van der Waals surface area (Å²) in [4.78, 5) is 0.193. The summed E-state index contributed by atoms with van der Waals surface area (Å²) < 4.78 is 32.6. The van der Waals surface area contributed by atoms with E-state index in [2.05, 4.69) is 16.6 Å². The van der Waals surface area contributed by atoms with Crippen molar-refractivity contribution in [1.82, 2.24) is 4.72 Å². The fourth-order valence-corrected chi connectivity index (χ4v) is 3.32. The number of nitrogens with one attached hydrogen (secondary N) is 1. The van der Waals surface area contributed by atoms with E-state index in [4.69, 9.17) is 9.84 Å².